The van der Waals surface area contributed by atoms with Crippen molar-refractivity contribution in [1.29, 1.82) is 0 Å². The summed E-state index contributed by atoms with van der Waals surface area (Å²) < 4.78 is 32.4. The molecular weight excluding hydrogens is 392 g/mol. The molecule has 0 aliphatic carbocycles. The Morgan fingerprint density at radius 2 is 1.93 bits per heavy atom. The predicted molar refractivity (Wildman–Crippen MR) is 103 cm³/mol. The Morgan fingerprint density at radius 1 is 1.26 bits per heavy atom. The lowest BCUT2D eigenvalue weighted by atomic mass is 10.2. The first-order chi connectivity index (χ1) is 12.9. The van der Waals surface area contributed by atoms with Gasteiger partial charge in [-0.3, -0.25) is 10.1 Å². The number of sulfonamides is 1. The minimum atomic E-state index is -3.68. The number of hydrogen-bond acceptors (Lipinski definition) is 6. The minimum absolute atomic E-state index is 0.0561. The SMILES string of the molecule is O=[N+]([O-])c1ccc(S(=O)(=O)N2CCN(C(=S)NC[C@H]3CCCO3)CC2)cc1. The largest absolute Gasteiger partial charge is 0.376 e. The first kappa shape index (κ1) is 19.9. The van der Waals surface area contributed by atoms with Crippen LogP contribution < -0.4 is 5.32 Å². The Balaban J connectivity index is 1.54. The second-order valence-corrected chi connectivity index (χ2v) is 8.79. The zero-order valence-corrected chi connectivity index (χ0v) is 16.4. The Labute approximate surface area is 163 Å². The molecule has 2 saturated heterocycles. The van der Waals surface area contributed by atoms with Crippen molar-refractivity contribution in [3.8, 4) is 0 Å². The van der Waals surface area contributed by atoms with Crippen LogP contribution in [0.1, 0.15) is 12.8 Å². The van der Waals surface area contributed by atoms with Gasteiger partial charge < -0.3 is 15.0 Å². The second-order valence-electron chi connectivity index (χ2n) is 6.46. The number of thiocarbonyl (C=S) groups is 1. The van der Waals surface area contributed by atoms with Crippen LogP contribution in [0, 0.1) is 10.1 Å². The lowest BCUT2D eigenvalue weighted by molar-refractivity contribution is -0.384. The van der Waals surface area contributed by atoms with Crippen molar-refractivity contribution in [2.75, 3.05) is 39.3 Å². The molecule has 0 spiro atoms. The van der Waals surface area contributed by atoms with E-state index in [9.17, 15) is 18.5 Å². The smallest absolute Gasteiger partial charge is 0.269 e. The lowest BCUT2D eigenvalue weighted by Crippen LogP contribution is -2.53. The molecule has 0 radical (unpaired) electrons. The number of nitro groups is 1. The molecule has 2 aliphatic rings. The van der Waals surface area contributed by atoms with E-state index in [0.717, 1.165) is 19.4 Å². The van der Waals surface area contributed by atoms with Crippen molar-refractivity contribution in [3.63, 3.8) is 0 Å². The summed E-state index contributed by atoms with van der Waals surface area (Å²) in [5.41, 5.74) is -0.138. The van der Waals surface area contributed by atoms with Gasteiger partial charge in [0.05, 0.1) is 15.9 Å². The van der Waals surface area contributed by atoms with Crippen LogP contribution in [0.3, 0.4) is 0 Å². The van der Waals surface area contributed by atoms with Crippen LogP contribution in [-0.2, 0) is 14.8 Å². The number of nitro benzene ring substituents is 1. The van der Waals surface area contributed by atoms with E-state index in [2.05, 4.69) is 5.32 Å². The van der Waals surface area contributed by atoms with Crippen molar-refractivity contribution in [3.05, 3.63) is 34.4 Å². The molecule has 2 aliphatic heterocycles. The number of hydrogen-bond donors (Lipinski definition) is 1. The summed E-state index contributed by atoms with van der Waals surface area (Å²) in [6.07, 6.45) is 2.28. The molecule has 0 saturated carbocycles. The van der Waals surface area contributed by atoms with E-state index in [-0.39, 0.29) is 16.7 Å². The molecule has 1 aromatic carbocycles. The molecule has 2 fully saturated rings. The fourth-order valence-corrected chi connectivity index (χ4v) is 4.83. The van der Waals surface area contributed by atoms with Gasteiger partial charge >= 0.3 is 0 Å². The Morgan fingerprint density at radius 3 is 2.48 bits per heavy atom. The van der Waals surface area contributed by atoms with Crippen LogP contribution >= 0.6 is 12.2 Å². The van der Waals surface area contributed by atoms with Crippen LogP contribution in [0.15, 0.2) is 29.2 Å². The van der Waals surface area contributed by atoms with Crippen molar-refractivity contribution < 1.29 is 18.1 Å². The summed E-state index contributed by atoms with van der Waals surface area (Å²) >= 11 is 5.40. The van der Waals surface area contributed by atoms with Crippen LogP contribution in [0.25, 0.3) is 0 Å². The third kappa shape index (κ3) is 4.72. The Kier molecular flexibility index (Phi) is 6.25. The van der Waals surface area contributed by atoms with Crippen molar-refractivity contribution >= 4 is 33.0 Å². The standard InChI is InChI=1S/C16H22N4O5S2/c21-20(22)13-3-5-15(6-4-13)27(23,24)19-9-7-18(8-10-19)16(26)17-12-14-2-1-11-25-14/h3-6,14H,1-2,7-12H2,(H,17,26)/t14-/m1/s1. The summed E-state index contributed by atoms with van der Waals surface area (Å²) in [6, 6.07) is 4.95. The molecule has 27 heavy (non-hydrogen) atoms. The highest BCUT2D eigenvalue weighted by Crippen LogP contribution is 2.21. The summed E-state index contributed by atoms with van der Waals surface area (Å²) in [4.78, 5) is 12.2. The average Bonchev–Trinajstić information content (AvgIpc) is 3.20. The molecule has 0 unspecified atom stereocenters. The molecule has 1 N–H and O–H groups in total. The zero-order chi connectivity index (χ0) is 19.4. The number of piperazine rings is 1. The number of nitrogens with one attached hydrogen (secondary N) is 1. The third-order valence-corrected chi connectivity index (χ3v) is 7.03. The lowest BCUT2D eigenvalue weighted by Gasteiger charge is -2.35. The van der Waals surface area contributed by atoms with Gasteiger partial charge in [-0.1, -0.05) is 0 Å². The molecule has 2 heterocycles. The van der Waals surface area contributed by atoms with Crippen LogP contribution in [0.5, 0.6) is 0 Å². The van der Waals surface area contributed by atoms with Gasteiger partial charge in [-0.15, -0.1) is 0 Å². The maximum absolute atomic E-state index is 12.7. The van der Waals surface area contributed by atoms with E-state index < -0.39 is 14.9 Å². The number of rotatable bonds is 5. The number of benzene rings is 1. The van der Waals surface area contributed by atoms with E-state index in [4.69, 9.17) is 17.0 Å². The third-order valence-electron chi connectivity index (χ3n) is 4.72. The topological polar surface area (TPSA) is 105 Å². The molecule has 0 aromatic heterocycles. The predicted octanol–water partition coefficient (Wildman–Crippen LogP) is 0.955. The fraction of sp³-hybridized carbons (Fsp3) is 0.562. The van der Waals surface area contributed by atoms with Gasteiger partial charge in [0.25, 0.3) is 5.69 Å². The first-order valence-corrected chi connectivity index (χ1v) is 10.6. The Bertz CT molecular complexity index is 786. The maximum Gasteiger partial charge on any atom is 0.269 e. The monoisotopic (exact) mass is 414 g/mol. The van der Waals surface area contributed by atoms with Gasteiger partial charge in [0.2, 0.25) is 10.0 Å². The van der Waals surface area contributed by atoms with Gasteiger partial charge in [0, 0.05) is 51.5 Å². The minimum Gasteiger partial charge on any atom is -0.376 e. The van der Waals surface area contributed by atoms with E-state index in [1.54, 1.807) is 0 Å². The number of ether oxygens (including phenoxy) is 1. The average molecular weight is 415 g/mol. The van der Waals surface area contributed by atoms with Gasteiger partial charge in [-0.05, 0) is 37.2 Å². The van der Waals surface area contributed by atoms with Crippen LogP contribution in [-0.4, -0.2) is 73.1 Å². The highest BCUT2D eigenvalue weighted by molar-refractivity contribution is 7.89. The number of non-ortho nitro benzene ring substituents is 1. The van der Waals surface area contributed by atoms with Crippen LogP contribution in [0.2, 0.25) is 0 Å². The van der Waals surface area contributed by atoms with Gasteiger partial charge in [-0.2, -0.15) is 4.31 Å². The second kappa shape index (κ2) is 8.46. The van der Waals surface area contributed by atoms with Crippen molar-refractivity contribution in [2.45, 2.75) is 23.8 Å². The van der Waals surface area contributed by atoms with Crippen LogP contribution in [0.4, 0.5) is 5.69 Å². The summed E-state index contributed by atoms with van der Waals surface area (Å²) in [5.74, 6) is 0. The molecule has 9 nitrogen and oxygen atoms in total. The molecule has 3 rings (SSSR count). The van der Waals surface area contributed by atoms with Gasteiger partial charge in [-0.25, -0.2) is 8.42 Å². The number of nitrogens with zero attached hydrogens (tertiary/aromatic N) is 3. The Hall–Kier alpha value is -1.82. The summed E-state index contributed by atoms with van der Waals surface area (Å²) in [5, 5.41) is 14.5. The van der Waals surface area contributed by atoms with E-state index in [1.165, 1.54) is 28.6 Å². The van der Waals surface area contributed by atoms with Gasteiger partial charge in [0.15, 0.2) is 5.11 Å². The normalized spacial score (nSPS) is 21.2. The van der Waals surface area contributed by atoms with E-state index >= 15 is 0 Å². The molecule has 11 heteroatoms. The highest BCUT2D eigenvalue weighted by Gasteiger charge is 2.29. The molecular formula is C16H22N4O5S2. The molecule has 1 aromatic rings. The van der Waals surface area contributed by atoms with Gasteiger partial charge in [0.1, 0.15) is 0 Å². The molecule has 0 bridgehead atoms. The summed E-state index contributed by atoms with van der Waals surface area (Å²) in [6.45, 7) is 3.05. The molecule has 148 valence electrons. The first-order valence-electron chi connectivity index (χ1n) is 8.77. The van der Waals surface area contributed by atoms with Crippen molar-refractivity contribution in [2.24, 2.45) is 0 Å². The van der Waals surface area contributed by atoms with E-state index in [0.29, 0.717) is 37.8 Å². The summed E-state index contributed by atoms with van der Waals surface area (Å²) in [7, 11) is -3.68. The van der Waals surface area contributed by atoms with Crippen molar-refractivity contribution in [1.82, 2.24) is 14.5 Å². The zero-order valence-electron chi connectivity index (χ0n) is 14.7. The quantitative estimate of drug-likeness (QED) is 0.431. The van der Waals surface area contributed by atoms with E-state index in [1.807, 2.05) is 4.90 Å². The fourth-order valence-electron chi connectivity index (χ4n) is 3.14. The molecule has 0 amide bonds. The highest BCUT2D eigenvalue weighted by atomic mass is 32.2. The maximum atomic E-state index is 12.7. The molecule has 1 atom stereocenters.